The van der Waals surface area contributed by atoms with Crippen LogP contribution in [-0.2, 0) is 16.0 Å². The molecule has 1 heterocycles. The second-order valence-electron chi connectivity index (χ2n) is 10.4. The molecule has 0 aromatic heterocycles. The maximum Gasteiger partial charge on any atom is 0.188 e. The molecule has 0 unspecified atom stereocenters. The minimum absolute atomic E-state index is 0.0534. The van der Waals surface area contributed by atoms with Crippen LogP contribution in [0.3, 0.4) is 0 Å². The summed E-state index contributed by atoms with van der Waals surface area (Å²) in [7, 11) is 1.63. The lowest BCUT2D eigenvalue weighted by atomic mass is 9.89. The Morgan fingerprint density at radius 2 is 1.97 bits per heavy atom. The molecule has 10 heteroatoms. The number of ketones is 2. The number of nitrogens with zero attached hydrogens (tertiary/aromatic N) is 2. The van der Waals surface area contributed by atoms with Crippen LogP contribution in [0.4, 0.5) is 0 Å². The van der Waals surface area contributed by atoms with E-state index in [1.165, 1.54) is 0 Å². The van der Waals surface area contributed by atoms with Gasteiger partial charge in [0.25, 0.3) is 0 Å². The van der Waals surface area contributed by atoms with Crippen LogP contribution >= 0.6 is 0 Å². The molecule has 216 valence electrons. The summed E-state index contributed by atoms with van der Waals surface area (Å²) in [5.74, 6) is -0.197. The van der Waals surface area contributed by atoms with Gasteiger partial charge in [0.15, 0.2) is 17.5 Å². The standard InChI is InChI=1S/C29H45N5O5/c1-31-29(30)33-22(13-16-34-17-15-32-20-34)5-4-8-25(36)24(14-18-35)26(37)11-9-21-10-12-27(38)28(19-21)39-23-6-2-3-7-23/h10,12,15,17,19,22-24,32,35,38H,2-9,11,13-14,16,18,20H2,1H3,(H3,30,31,33)/t22-,24-/m1/s1. The molecule has 1 aliphatic carbocycles. The van der Waals surface area contributed by atoms with E-state index in [9.17, 15) is 19.8 Å². The number of aliphatic imine (C=N–C) groups is 1. The average Bonchev–Trinajstić information content (AvgIpc) is 3.65. The van der Waals surface area contributed by atoms with Crippen molar-refractivity contribution in [2.24, 2.45) is 16.6 Å². The van der Waals surface area contributed by atoms with Crippen LogP contribution in [0.5, 0.6) is 11.5 Å². The first-order valence-electron chi connectivity index (χ1n) is 14.2. The van der Waals surface area contributed by atoms with E-state index in [4.69, 9.17) is 10.5 Å². The van der Waals surface area contributed by atoms with Crippen molar-refractivity contribution in [3.8, 4) is 11.5 Å². The predicted molar refractivity (Wildman–Crippen MR) is 151 cm³/mol. The summed E-state index contributed by atoms with van der Waals surface area (Å²) in [6, 6.07) is 5.21. The van der Waals surface area contributed by atoms with E-state index in [0.29, 0.717) is 31.0 Å². The third-order valence-electron chi connectivity index (χ3n) is 7.51. The molecule has 2 atom stereocenters. The van der Waals surface area contributed by atoms with Crippen LogP contribution in [0, 0.1) is 5.92 Å². The molecule has 1 saturated carbocycles. The number of hydrogen-bond acceptors (Lipinski definition) is 8. The van der Waals surface area contributed by atoms with Crippen molar-refractivity contribution in [2.75, 3.05) is 26.9 Å². The fourth-order valence-electron chi connectivity index (χ4n) is 5.18. The van der Waals surface area contributed by atoms with Gasteiger partial charge in [-0.2, -0.15) is 0 Å². The molecule has 0 saturated heterocycles. The molecule has 10 nitrogen and oxygen atoms in total. The summed E-state index contributed by atoms with van der Waals surface area (Å²) >= 11 is 0. The van der Waals surface area contributed by atoms with Crippen LogP contribution in [-0.4, -0.2) is 71.7 Å². The number of phenols is 1. The maximum absolute atomic E-state index is 13.0. The van der Waals surface area contributed by atoms with Crippen LogP contribution in [0.25, 0.3) is 0 Å². The number of carbonyl (C=O) groups excluding carboxylic acids is 2. The highest BCUT2D eigenvalue weighted by molar-refractivity contribution is 6.02. The van der Waals surface area contributed by atoms with Crippen LogP contribution in [0.1, 0.15) is 69.8 Å². The number of ether oxygens (including phenoxy) is 1. The predicted octanol–water partition coefficient (Wildman–Crippen LogP) is 2.58. The average molecular weight is 544 g/mol. The van der Waals surface area contributed by atoms with Gasteiger partial charge < -0.3 is 36.2 Å². The zero-order valence-electron chi connectivity index (χ0n) is 23.1. The van der Waals surface area contributed by atoms with E-state index in [1.54, 1.807) is 25.2 Å². The van der Waals surface area contributed by atoms with Crippen LogP contribution in [0.15, 0.2) is 35.6 Å². The number of nitrogens with one attached hydrogen (secondary N) is 2. The Hall–Kier alpha value is -3.27. The minimum Gasteiger partial charge on any atom is -0.504 e. The molecular formula is C29H45N5O5. The van der Waals surface area contributed by atoms with E-state index in [-0.39, 0.29) is 55.3 Å². The van der Waals surface area contributed by atoms with Crippen molar-refractivity contribution >= 4 is 17.5 Å². The number of benzene rings is 1. The van der Waals surface area contributed by atoms with Gasteiger partial charge in [0.05, 0.1) is 18.7 Å². The Morgan fingerprint density at radius 3 is 2.67 bits per heavy atom. The summed E-state index contributed by atoms with van der Waals surface area (Å²) in [5, 5.41) is 26.1. The van der Waals surface area contributed by atoms with E-state index in [0.717, 1.165) is 50.9 Å². The number of phenolic OH excluding ortho intramolecular Hbond substituents is 1. The second-order valence-corrected chi connectivity index (χ2v) is 10.4. The quantitative estimate of drug-likeness (QED) is 0.113. The summed E-state index contributed by atoms with van der Waals surface area (Å²) in [4.78, 5) is 32.2. The lowest BCUT2D eigenvalue weighted by molar-refractivity contribution is -0.133. The van der Waals surface area contributed by atoms with Crippen molar-refractivity contribution in [3.63, 3.8) is 0 Å². The van der Waals surface area contributed by atoms with Gasteiger partial charge in [-0.1, -0.05) is 6.07 Å². The van der Waals surface area contributed by atoms with Gasteiger partial charge in [0.2, 0.25) is 0 Å². The number of hydrogen-bond donors (Lipinski definition) is 5. The van der Waals surface area contributed by atoms with Crippen molar-refractivity contribution < 1.29 is 24.5 Å². The highest BCUT2D eigenvalue weighted by atomic mass is 16.5. The van der Waals surface area contributed by atoms with Crippen molar-refractivity contribution in [1.82, 2.24) is 15.5 Å². The van der Waals surface area contributed by atoms with Crippen molar-refractivity contribution in [3.05, 3.63) is 36.2 Å². The summed E-state index contributed by atoms with van der Waals surface area (Å²) in [5.41, 5.74) is 6.77. The Morgan fingerprint density at radius 1 is 1.21 bits per heavy atom. The van der Waals surface area contributed by atoms with E-state index < -0.39 is 5.92 Å². The molecule has 0 bridgehead atoms. The summed E-state index contributed by atoms with van der Waals surface area (Å²) < 4.78 is 5.97. The first-order valence-corrected chi connectivity index (χ1v) is 14.2. The van der Waals surface area contributed by atoms with Gasteiger partial charge in [-0.05, 0) is 75.5 Å². The number of aliphatic hydroxyl groups is 1. The molecule has 1 fully saturated rings. The maximum atomic E-state index is 13.0. The monoisotopic (exact) mass is 543 g/mol. The molecule has 1 aliphatic heterocycles. The smallest absolute Gasteiger partial charge is 0.188 e. The van der Waals surface area contributed by atoms with Gasteiger partial charge in [0.1, 0.15) is 11.6 Å². The Kier molecular flexibility index (Phi) is 12.4. The van der Waals surface area contributed by atoms with Gasteiger partial charge in [-0.15, -0.1) is 0 Å². The molecule has 2 aliphatic rings. The van der Waals surface area contributed by atoms with E-state index >= 15 is 0 Å². The van der Waals surface area contributed by atoms with Gasteiger partial charge in [0, 0.05) is 51.5 Å². The molecule has 3 rings (SSSR count). The number of aromatic hydroxyl groups is 1. The van der Waals surface area contributed by atoms with E-state index in [1.807, 2.05) is 12.4 Å². The van der Waals surface area contributed by atoms with Gasteiger partial charge >= 0.3 is 0 Å². The molecule has 0 radical (unpaired) electrons. The van der Waals surface area contributed by atoms with Gasteiger partial charge in [-0.3, -0.25) is 14.6 Å². The first kappa shape index (κ1) is 30.3. The number of aliphatic hydroxyl groups excluding tert-OH is 1. The third-order valence-corrected chi connectivity index (χ3v) is 7.51. The molecule has 0 spiro atoms. The van der Waals surface area contributed by atoms with Crippen LogP contribution in [0.2, 0.25) is 0 Å². The molecule has 1 aromatic rings. The zero-order chi connectivity index (χ0) is 28.0. The normalized spacial score (nSPS) is 17.2. The fourth-order valence-corrected chi connectivity index (χ4v) is 5.18. The molecule has 1 aromatic carbocycles. The highest BCUT2D eigenvalue weighted by Crippen LogP contribution is 2.32. The molecule has 39 heavy (non-hydrogen) atoms. The SMILES string of the molecule is CN=C(N)N[C@H](CCCC(=O)[C@@H](CCO)C(=O)CCc1ccc(O)c(OC2CCCC2)c1)CCN1C=CNC1. The van der Waals surface area contributed by atoms with Crippen LogP contribution < -0.4 is 21.1 Å². The fraction of sp³-hybridized carbons (Fsp3) is 0.621. The number of rotatable bonds is 17. The lowest BCUT2D eigenvalue weighted by Gasteiger charge is -2.23. The summed E-state index contributed by atoms with van der Waals surface area (Å²) in [6.45, 7) is 1.39. The lowest BCUT2D eigenvalue weighted by Crippen LogP contribution is -2.41. The zero-order valence-corrected chi connectivity index (χ0v) is 23.1. The number of nitrogens with two attached hydrogens (primary N) is 1. The highest BCUT2D eigenvalue weighted by Gasteiger charge is 2.26. The Bertz CT molecular complexity index is 992. The van der Waals surface area contributed by atoms with Crippen molar-refractivity contribution in [2.45, 2.75) is 82.8 Å². The number of Topliss-reactive ketones (excluding diaryl/α,β-unsaturated/α-hetero) is 2. The minimum atomic E-state index is -0.809. The topological polar surface area (TPSA) is 150 Å². The Balaban J connectivity index is 1.49. The van der Waals surface area contributed by atoms with Gasteiger partial charge in [-0.25, -0.2) is 0 Å². The molecule has 0 amide bonds. The largest absolute Gasteiger partial charge is 0.504 e. The molecular weight excluding hydrogens is 498 g/mol. The number of carbonyl (C=O) groups is 2. The first-order chi connectivity index (χ1) is 18.9. The third kappa shape index (κ3) is 10.1. The van der Waals surface area contributed by atoms with E-state index in [2.05, 4.69) is 20.5 Å². The van der Waals surface area contributed by atoms with Crippen molar-refractivity contribution in [1.29, 1.82) is 0 Å². The molecule has 6 N–H and O–H groups in total. The Labute approximate surface area is 231 Å². The summed E-state index contributed by atoms with van der Waals surface area (Å²) in [6.07, 6.45) is 11.4. The second kappa shape index (κ2) is 16.0. The number of aryl methyl sites for hydroxylation is 1. The number of guanidine groups is 1.